The van der Waals surface area contributed by atoms with Crippen molar-refractivity contribution in [1.29, 1.82) is 0 Å². The van der Waals surface area contributed by atoms with Crippen molar-refractivity contribution in [3.8, 4) is 0 Å². The zero-order valence-electron chi connectivity index (χ0n) is 20.7. The lowest BCUT2D eigenvalue weighted by Gasteiger charge is -2.12. The Morgan fingerprint density at radius 3 is 2.50 bits per heavy atom. The molecule has 1 aromatic heterocycles. The van der Waals surface area contributed by atoms with Crippen molar-refractivity contribution in [1.82, 2.24) is 9.55 Å². The predicted octanol–water partition coefficient (Wildman–Crippen LogP) is 4.73. The topological polar surface area (TPSA) is 99.5 Å². The van der Waals surface area contributed by atoms with Gasteiger partial charge in [-0.3, -0.25) is 4.79 Å². The highest BCUT2D eigenvalue weighted by Crippen LogP contribution is 2.34. The number of methoxy groups -OCH3 is 1. The van der Waals surface area contributed by atoms with Crippen LogP contribution in [0.25, 0.3) is 11.6 Å². The molecule has 186 valence electrons. The van der Waals surface area contributed by atoms with E-state index < -0.39 is 5.97 Å². The number of hydrogen-bond acceptors (Lipinski definition) is 6. The van der Waals surface area contributed by atoms with Crippen LogP contribution < -0.4 is 5.32 Å². The van der Waals surface area contributed by atoms with E-state index in [1.165, 1.54) is 7.11 Å². The molecule has 2 aromatic carbocycles. The first-order chi connectivity index (χ1) is 17.4. The predicted molar refractivity (Wildman–Crippen MR) is 137 cm³/mol. The summed E-state index contributed by atoms with van der Waals surface area (Å²) in [5, 5.41) is 2.87. The molecule has 0 radical (unpaired) electrons. The number of carbonyl (C=O) groups excluding carboxylic acids is 3. The van der Waals surface area contributed by atoms with E-state index in [4.69, 9.17) is 9.47 Å². The van der Waals surface area contributed by atoms with Gasteiger partial charge in [-0.2, -0.15) is 0 Å². The van der Waals surface area contributed by atoms with Gasteiger partial charge in [0.2, 0.25) is 0 Å². The van der Waals surface area contributed by atoms with Crippen molar-refractivity contribution in [2.75, 3.05) is 19.0 Å². The van der Waals surface area contributed by atoms with Gasteiger partial charge in [0.1, 0.15) is 5.82 Å². The molecule has 1 amide bonds. The highest BCUT2D eigenvalue weighted by molar-refractivity contribution is 6.35. The lowest BCUT2D eigenvalue weighted by atomic mass is 10.0. The number of ether oxygens (including phenoxy) is 2. The maximum atomic E-state index is 12.9. The van der Waals surface area contributed by atoms with Crippen LogP contribution in [0.3, 0.4) is 0 Å². The van der Waals surface area contributed by atoms with Crippen molar-refractivity contribution in [2.24, 2.45) is 0 Å². The molecule has 0 aliphatic carbocycles. The SMILES string of the molecule is CCCCc1ncc(/C=C2\C(=O)Nc3ccc(C(=O)OCC)cc32)n1Cc1ccc(C(=O)OC)cc1. The van der Waals surface area contributed by atoms with Crippen molar-refractivity contribution >= 4 is 35.2 Å². The minimum absolute atomic E-state index is 0.240. The number of aromatic nitrogens is 2. The molecule has 36 heavy (non-hydrogen) atoms. The minimum Gasteiger partial charge on any atom is -0.465 e. The first-order valence-corrected chi connectivity index (χ1v) is 12.0. The molecule has 4 rings (SSSR count). The van der Waals surface area contributed by atoms with Gasteiger partial charge >= 0.3 is 11.9 Å². The van der Waals surface area contributed by atoms with Crippen LogP contribution in [-0.4, -0.2) is 41.1 Å². The van der Waals surface area contributed by atoms with Crippen LogP contribution in [0.15, 0.2) is 48.7 Å². The van der Waals surface area contributed by atoms with Crippen molar-refractivity contribution in [2.45, 2.75) is 39.7 Å². The number of amides is 1. The molecule has 0 saturated carbocycles. The fraction of sp³-hybridized carbons (Fsp3) is 0.286. The number of nitrogens with one attached hydrogen (secondary N) is 1. The van der Waals surface area contributed by atoms with Crippen molar-refractivity contribution in [3.05, 3.63) is 82.4 Å². The smallest absolute Gasteiger partial charge is 0.338 e. The van der Waals surface area contributed by atoms with Crippen molar-refractivity contribution < 1.29 is 23.9 Å². The van der Waals surface area contributed by atoms with Gasteiger partial charge < -0.3 is 19.4 Å². The van der Waals surface area contributed by atoms with Crippen LogP contribution in [-0.2, 0) is 27.2 Å². The number of carbonyl (C=O) groups is 3. The quantitative estimate of drug-likeness (QED) is 0.346. The van der Waals surface area contributed by atoms with Crippen LogP contribution in [0.5, 0.6) is 0 Å². The molecule has 1 aliphatic rings. The second kappa shape index (κ2) is 11.0. The number of unbranched alkanes of at least 4 members (excludes halogenated alkanes) is 1. The maximum absolute atomic E-state index is 12.9. The summed E-state index contributed by atoms with van der Waals surface area (Å²) in [6.45, 7) is 4.68. The molecule has 8 heteroatoms. The highest BCUT2D eigenvalue weighted by Gasteiger charge is 2.26. The summed E-state index contributed by atoms with van der Waals surface area (Å²) in [7, 11) is 1.36. The highest BCUT2D eigenvalue weighted by atomic mass is 16.5. The number of anilines is 1. The van der Waals surface area contributed by atoms with E-state index in [0.29, 0.717) is 34.5 Å². The molecule has 8 nitrogen and oxygen atoms in total. The Labute approximate surface area is 209 Å². The Morgan fingerprint density at radius 1 is 1.06 bits per heavy atom. The van der Waals surface area contributed by atoms with Gasteiger partial charge in [-0.05, 0) is 55.3 Å². The largest absolute Gasteiger partial charge is 0.465 e. The molecule has 3 aromatic rings. The lowest BCUT2D eigenvalue weighted by Crippen LogP contribution is -2.09. The number of aryl methyl sites for hydroxylation is 1. The standard InChI is InChI=1S/C28H29N3O5/c1-4-6-7-25-29-16-21(31(25)17-18-8-10-19(11-9-18)27(33)35-3)15-23-22-14-20(28(34)36-5-2)12-13-24(22)30-26(23)32/h8-16H,4-7,17H2,1-3H3,(H,30,32)/b23-15-. The summed E-state index contributed by atoms with van der Waals surface area (Å²) >= 11 is 0. The third-order valence-corrected chi connectivity index (χ3v) is 6.04. The molecule has 0 atom stereocenters. The normalized spacial score (nSPS) is 13.4. The Bertz CT molecular complexity index is 1320. The molecule has 0 saturated heterocycles. The van der Waals surface area contributed by atoms with Crippen LogP contribution in [0.2, 0.25) is 0 Å². The molecule has 0 fully saturated rings. The summed E-state index contributed by atoms with van der Waals surface area (Å²) in [5.41, 5.74) is 4.39. The van der Waals surface area contributed by atoms with E-state index in [0.717, 1.165) is 36.3 Å². The summed E-state index contributed by atoms with van der Waals surface area (Å²) < 4.78 is 12.0. The lowest BCUT2D eigenvalue weighted by molar-refractivity contribution is -0.110. The van der Waals surface area contributed by atoms with Gasteiger partial charge in [0.15, 0.2) is 0 Å². The zero-order chi connectivity index (χ0) is 25.7. The molecular weight excluding hydrogens is 458 g/mol. The van der Waals surface area contributed by atoms with E-state index in [9.17, 15) is 14.4 Å². The van der Waals surface area contributed by atoms with Gasteiger partial charge in [-0.1, -0.05) is 25.5 Å². The monoisotopic (exact) mass is 487 g/mol. The average Bonchev–Trinajstić information content (AvgIpc) is 3.42. The number of esters is 2. The van der Waals surface area contributed by atoms with Crippen molar-refractivity contribution in [3.63, 3.8) is 0 Å². The summed E-state index contributed by atoms with van der Waals surface area (Å²) in [4.78, 5) is 41.5. The summed E-state index contributed by atoms with van der Waals surface area (Å²) in [6, 6.07) is 12.3. The average molecular weight is 488 g/mol. The molecule has 0 bridgehead atoms. The Hall–Kier alpha value is -4.20. The van der Waals surface area contributed by atoms with E-state index in [1.807, 2.05) is 12.1 Å². The fourth-order valence-corrected chi connectivity index (χ4v) is 4.13. The fourth-order valence-electron chi connectivity index (χ4n) is 4.13. The van der Waals surface area contributed by atoms with Gasteiger partial charge in [0.05, 0.1) is 42.3 Å². The Morgan fingerprint density at radius 2 is 1.81 bits per heavy atom. The van der Waals surface area contributed by atoms with Gasteiger partial charge in [-0.25, -0.2) is 14.6 Å². The maximum Gasteiger partial charge on any atom is 0.338 e. The Balaban J connectivity index is 1.71. The second-order valence-electron chi connectivity index (χ2n) is 8.47. The first-order valence-electron chi connectivity index (χ1n) is 12.0. The molecule has 2 heterocycles. The summed E-state index contributed by atoms with van der Waals surface area (Å²) in [6.07, 6.45) is 6.39. The molecular formula is C28H29N3O5. The number of imidazole rings is 1. The number of fused-ring (bicyclic) bond motifs is 1. The van der Waals surface area contributed by atoms with E-state index >= 15 is 0 Å². The number of benzene rings is 2. The molecule has 1 aliphatic heterocycles. The van der Waals surface area contributed by atoms with Gasteiger partial charge in [0, 0.05) is 24.2 Å². The van der Waals surface area contributed by atoms with Crippen LogP contribution in [0.1, 0.15) is 70.1 Å². The van der Waals surface area contributed by atoms with E-state index in [2.05, 4.69) is 21.8 Å². The third kappa shape index (κ3) is 5.22. The van der Waals surface area contributed by atoms with Crippen LogP contribution in [0.4, 0.5) is 5.69 Å². The number of hydrogen-bond donors (Lipinski definition) is 1. The van der Waals surface area contributed by atoms with Crippen LogP contribution in [0, 0.1) is 0 Å². The van der Waals surface area contributed by atoms with Gasteiger partial charge in [0.25, 0.3) is 5.91 Å². The first kappa shape index (κ1) is 24.9. The number of nitrogens with zero attached hydrogens (tertiary/aromatic N) is 2. The summed E-state index contributed by atoms with van der Waals surface area (Å²) in [5.74, 6) is -0.136. The van der Waals surface area contributed by atoms with Crippen LogP contribution >= 0.6 is 0 Å². The minimum atomic E-state index is -0.429. The number of rotatable bonds is 9. The third-order valence-electron chi connectivity index (χ3n) is 6.04. The molecule has 0 spiro atoms. The Kier molecular flexibility index (Phi) is 7.63. The van der Waals surface area contributed by atoms with E-state index in [1.54, 1.807) is 49.5 Å². The van der Waals surface area contributed by atoms with Gasteiger partial charge in [-0.15, -0.1) is 0 Å². The zero-order valence-corrected chi connectivity index (χ0v) is 20.7. The second-order valence-corrected chi connectivity index (χ2v) is 8.47. The molecule has 0 unspecified atom stereocenters. The van der Waals surface area contributed by atoms with E-state index in [-0.39, 0.29) is 18.5 Å². The molecule has 1 N–H and O–H groups in total.